The number of hydrogen-bond acceptors (Lipinski definition) is 12. The van der Waals surface area contributed by atoms with Crippen molar-refractivity contribution in [3.63, 3.8) is 0 Å². The second-order valence-electron chi connectivity index (χ2n) is 22.6. The molecule has 79 heavy (non-hydrogen) atoms. The molecule has 3 fully saturated rings. The van der Waals surface area contributed by atoms with E-state index in [0.29, 0.717) is 41.8 Å². The molecule has 6 amide bonds. The van der Waals surface area contributed by atoms with Gasteiger partial charge in [0.1, 0.15) is 35.5 Å². The lowest BCUT2D eigenvalue weighted by molar-refractivity contribution is -0.150. The third kappa shape index (κ3) is 10.5. The fraction of sp³-hybridized carbons (Fsp3) is 0.410. The first-order valence-electron chi connectivity index (χ1n) is 27.4. The van der Waals surface area contributed by atoms with Crippen molar-refractivity contribution in [3.8, 4) is 26.6 Å². The molecular weight excluding hydrogens is 1040 g/mol. The van der Waals surface area contributed by atoms with Crippen molar-refractivity contribution >= 4 is 58.1 Å². The number of fused-ring (bicyclic) bond motifs is 2. The molecule has 5 atom stereocenters. The highest BCUT2D eigenvalue weighted by molar-refractivity contribution is 7.13. The van der Waals surface area contributed by atoms with E-state index in [4.69, 9.17) is 4.74 Å². The van der Waals surface area contributed by atoms with Gasteiger partial charge in [0.05, 0.1) is 50.9 Å². The molecule has 1 saturated carbocycles. The van der Waals surface area contributed by atoms with Crippen LogP contribution in [0, 0.1) is 19.8 Å². The number of β-amino-alcohol motifs (C(OH)–C–C–N with tert-alkyl or cyclic N) is 1. The number of ether oxygens (including phenoxy) is 1. The molecular formula is C61H66N8O8S2. The van der Waals surface area contributed by atoms with Gasteiger partial charge in [0.15, 0.2) is 0 Å². The van der Waals surface area contributed by atoms with Crippen LogP contribution in [0.3, 0.4) is 0 Å². The summed E-state index contributed by atoms with van der Waals surface area (Å²) >= 11 is 3.14. The van der Waals surface area contributed by atoms with E-state index >= 15 is 4.79 Å². The van der Waals surface area contributed by atoms with Gasteiger partial charge in [-0.2, -0.15) is 0 Å². The number of carbonyl (C=O) groups excluding carboxylic acids is 6. The first-order chi connectivity index (χ1) is 38.0. The first-order valence-corrected chi connectivity index (χ1v) is 29.1. The average molecular weight is 1100 g/mol. The van der Waals surface area contributed by atoms with Gasteiger partial charge in [-0.05, 0) is 91.1 Å². The number of nitrogens with zero attached hydrogens (tertiary/aromatic N) is 6. The standard InChI is InChI=1S/C61H66N8O8S2/c1-36(2)51(58(74)68-33-60(5,76)27-50(68)55(71)63-29-40-15-19-42(20-16-40)53-38(4)65-35-79-53)67-30-44-21-22-45(25-48(44)56(67)72)77-46-26-49(54(70)62-28-39-13-17-41(18-14-39)52-37(3)64-34-78-52)66(32-46)59(75)61(23-9-6-10-24-61)69-31-43-11-7-8-12-47(43)57(69)73/h7-8,11-22,25,34-36,46,49-51,76H,6,9-10,23-24,26-33H2,1-5H3,(H,62,70)(H,63,71)/t46-,49+,50+,51+,60+/m1/s1. The first kappa shape index (κ1) is 53.7. The van der Waals surface area contributed by atoms with Gasteiger partial charge in [-0.15, -0.1) is 22.7 Å². The number of benzene rings is 4. The highest BCUT2D eigenvalue weighted by atomic mass is 32.1. The lowest BCUT2D eigenvalue weighted by Crippen LogP contribution is -2.62. The number of amides is 6. The Labute approximate surface area is 468 Å². The van der Waals surface area contributed by atoms with E-state index in [0.717, 1.165) is 68.2 Å². The maximum Gasteiger partial charge on any atom is 0.255 e. The summed E-state index contributed by atoms with van der Waals surface area (Å²) in [5, 5.41) is 17.4. The molecule has 5 aliphatic rings. The molecule has 6 aromatic rings. The molecule has 3 N–H and O–H groups in total. The molecule has 4 aromatic carbocycles. The predicted octanol–water partition coefficient (Wildman–Crippen LogP) is 8.22. The summed E-state index contributed by atoms with van der Waals surface area (Å²) in [5.41, 5.74) is 9.42. The zero-order chi connectivity index (χ0) is 55.3. The second kappa shape index (κ2) is 21.7. The summed E-state index contributed by atoms with van der Waals surface area (Å²) in [7, 11) is 0. The van der Waals surface area contributed by atoms with Gasteiger partial charge in [-0.1, -0.05) is 106 Å². The summed E-state index contributed by atoms with van der Waals surface area (Å²) in [6, 6.07) is 25.8. The van der Waals surface area contributed by atoms with Crippen molar-refractivity contribution in [3.05, 3.63) is 147 Å². The number of thiazole rings is 2. The number of hydrogen-bond donors (Lipinski definition) is 3. The minimum atomic E-state index is -1.33. The Morgan fingerprint density at radius 1 is 0.734 bits per heavy atom. The van der Waals surface area contributed by atoms with Crippen molar-refractivity contribution in [2.45, 2.75) is 141 Å². The lowest BCUT2D eigenvalue weighted by atomic mass is 9.78. The Balaban J connectivity index is 0.797. The maximum atomic E-state index is 15.5. The van der Waals surface area contributed by atoms with E-state index in [1.54, 1.807) is 56.4 Å². The Morgan fingerprint density at radius 3 is 1.91 bits per heavy atom. The predicted molar refractivity (Wildman–Crippen MR) is 301 cm³/mol. The Bertz CT molecular complexity index is 3330. The van der Waals surface area contributed by atoms with Crippen LogP contribution in [0.1, 0.15) is 120 Å². The molecule has 1 aliphatic carbocycles. The van der Waals surface area contributed by atoms with Crippen molar-refractivity contribution in [1.82, 2.24) is 40.2 Å². The minimum absolute atomic E-state index is 0.0360. The number of aryl methyl sites for hydroxylation is 2. The van der Waals surface area contributed by atoms with Crippen LogP contribution in [-0.2, 0) is 45.4 Å². The van der Waals surface area contributed by atoms with Gasteiger partial charge < -0.3 is 40.1 Å². The van der Waals surface area contributed by atoms with Crippen LogP contribution in [0.2, 0.25) is 0 Å². The molecule has 16 nitrogen and oxygen atoms in total. The molecule has 410 valence electrons. The second-order valence-corrected chi connectivity index (χ2v) is 24.3. The molecule has 0 radical (unpaired) electrons. The lowest BCUT2D eigenvalue weighted by Gasteiger charge is -2.45. The van der Waals surface area contributed by atoms with Gasteiger partial charge in [-0.3, -0.25) is 28.8 Å². The van der Waals surface area contributed by atoms with Crippen LogP contribution in [0.5, 0.6) is 5.75 Å². The summed E-state index contributed by atoms with van der Waals surface area (Å²) in [6.07, 6.45) is 2.97. The molecule has 2 saturated heterocycles. The number of nitrogens with one attached hydrogen (secondary N) is 2. The van der Waals surface area contributed by atoms with Gasteiger partial charge in [0, 0.05) is 50.1 Å². The molecule has 6 heterocycles. The zero-order valence-electron chi connectivity index (χ0n) is 45.2. The van der Waals surface area contributed by atoms with Crippen molar-refractivity contribution in [2.24, 2.45) is 5.92 Å². The van der Waals surface area contributed by atoms with Crippen LogP contribution < -0.4 is 15.4 Å². The quantitative estimate of drug-likeness (QED) is 0.0902. The average Bonchev–Trinajstić information content (AvgIpc) is 4.35. The van der Waals surface area contributed by atoms with Crippen LogP contribution in [0.4, 0.5) is 0 Å². The molecule has 11 rings (SSSR count). The van der Waals surface area contributed by atoms with E-state index in [9.17, 15) is 29.1 Å². The highest BCUT2D eigenvalue weighted by Crippen LogP contribution is 2.43. The third-order valence-electron chi connectivity index (χ3n) is 16.6. The fourth-order valence-electron chi connectivity index (χ4n) is 12.6. The van der Waals surface area contributed by atoms with Crippen molar-refractivity contribution in [1.29, 1.82) is 0 Å². The maximum absolute atomic E-state index is 15.5. The highest BCUT2D eigenvalue weighted by Gasteiger charge is 2.55. The van der Waals surface area contributed by atoms with Crippen LogP contribution >= 0.6 is 22.7 Å². The topological polar surface area (TPSA) is 195 Å². The molecule has 18 heteroatoms. The minimum Gasteiger partial charge on any atom is -0.488 e. The number of rotatable bonds is 15. The normalized spacial score (nSPS) is 21.8. The molecule has 0 unspecified atom stereocenters. The fourth-order valence-corrected chi connectivity index (χ4v) is 14.2. The molecule has 0 bridgehead atoms. The zero-order valence-corrected chi connectivity index (χ0v) is 46.8. The van der Waals surface area contributed by atoms with Gasteiger partial charge in [-0.25, -0.2) is 9.97 Å². The summed E-state index contributed by atoms with van der Waals surface area (Å²) in [5.74, 6) is -1.95. The number of carbonyl (C=O) groups is 6. The van der Waals surface area contributed by atoms with Crippen LogP contribution in [0.15, 0.2) is 102 Å². The molecule has 4 aliphatic heterocycles. The Morgan fingerprint density at radius 2 is 1.33 bits per heavy atom. The van der Waals surface area contributed by atoms with Crippen molar-refractivity contribution in [2.75, 3.05) is 13.1 Å². The van der Waals surface area contributed by atoms with E-state index in [-0.39, 0.29) is 75.1 Å². The van der Waals surface area contributed by atoms with Gasteiger partial charge in [0.2, 0.25) is 23.6 Å². The van der Waals surface area contributed by atoms with Crippen molar-refractivity contribution < 1.29 is 38.6 Å². The van der Waals surface area contributed by atoms with Gasteiger partial charge in [0.25, 0.3) is 11.8 Å². The Kier molecular flexibility index (Phi) is 14.8. The summed E-state index contributed by atoms with van der Waals surface area (Å²) in [6.45, 7) is 10.2. The van der Waals surface area contributed by atoms with Crippen LogP contribution in [0.25, 0.3) is 20.9 Å². The SMILES string of the molecule is Cc1ncsc1-c1ccc(CNC(=O)[C@@H]2C[C@](C)(O)CN2C(=O)[C@H](C(C)C)N2Cc3ccc(O[C@@H]4C[C@@H](C(=O)NCc5ccc(-c6scnc6C)cc5)N(C(=O)C5(N6Cc7ccccc7C6=O)CCCCC5)C4)cc3C2=O)cc1. The number of likely N-dealkylation sites (tertiary alicyclic amines) is 2. The monoisotopic (exact) mass is 1100 g/mol. The number of aliphatic hydroxyl groups is 1. The van der Waals surface area contributed by atoms with E-state index in [1.165, 1.54) is 4.90 Å². The van der Waals surface area contributed by atoms with Gasteiger partial charge >= 0.3 is 0 Å². The van der Waals surface area contributed by atoms with E-state index in [2.05, 4.69) is 20.6 Å². The largest absolute Gasteiger partial charge is 0.488 e. The Hall–Kier alpha value is -7.28. The van der Waals surface area contributed by atoms with Crippen LogP contribution in [-0.4, -0.2) is 119 Å². The third-order valence-corrected chi connectivity index (χ3v) is 18.6. The van der Waals surface area contributed by atoms with E-state index in [1.807, 2.05) is 118 Å². The molecule has 2 aromatic heterocycles. The number of aromatic nitrogens is 2. The van der Waals surface area contributed by atoms with E-state index < -0.39 is 47.2 Å². The summed E-state index contributed by atoms with van der Waals surface area (Å²) < 4.78 is 6.69. The summed E-state index contributed by atoms with van der Waals surface area (Å²) in [4.78, 5) is 105. The molecule has 0 spiro atoms. The smallest absolute Gasteiger partial charge is 0.255 e.